The summed E-state index contributed by atoms with van der Waals surface area (Å²) in [5.74, 6) is 1.10. The maximum atomic E-state index is 13.4. The van der Waals surface area contributed by atoms with Crippen LogP contribution in [0, 0.1) is 5.82 Å². The number of alkyl halides is 1. The minimum atomic E-state index is -0.271. The Bertz CT molecular complexity index is 739. The van der Waals surface area contributed by atoms with Crippen LogP contribution >= 0.6 is 22.9 Å². The van der Waals surface area contributed by atoms with E-state index in [1.54, 1.807) is 17.4 Å². The fourth-order valence-electron chi connectivity index (χ4n) is 2.60. The van der Waals surface area contributed by atoms with Gasteiger partial charge >= 0.3 is 0 Å². The number of thiazole rings is 1. The van der Waals surface area contributed by atoms with E-state index in [2.05, 4.69) is 21.5 Å². The van der Waals surface area contributed by atoms with Crippen molar-refractivity contribution in [3.8, 4) is 0 Å². The molecule has 0 fully saturated rings. The third-order valence-corrected chi connectivity index (χ3v) is 4.54. The summed E-state index contributed by atoms with van der Waals surface area (Å²) in [4.78, 5) is 8.99. The van der Waals surface area contributed by atoms with Crippen LogP contribution in [0.3, 0.4) is 0 Å². The number of hydrogen-bond donors (Lipinski definition) is 0. The zero-order valence-corrected chi connectivity index (χ0v) is 13.2. The lowest BCUT2D eigenvalue weighted by molar-refractivity contribution is 0.555. The Labute approximate surface area is 131 Å². The van der Waals surface area contributed by atoms with Crippen molar-refractivity contribution in [3.05, 3.63) is 46.4 Å². The third kappa shape index (κ3) is 2.68. The van der Waals surface area contributed by atoms with E-state index >= 15 is 0 Å². The first-order valence-corrected chi connectivity index (χ1v) is 8.27. The standard InChI is InChI=1S/C15H15ClFN3S/c1-2-12(15-18-7-8-21-15)20-13-4-3-10(17)9-11(13)19-14(20)5-6-16/h3-4,7-9,12H,2,5-6H2,1H3. The number of fused-ring (bicyclic) bond motifs is 1. The molecular formula is C15H15ClFN3S. The second-order valence-electron chi connectivity index (χ2n) is 4.76. The summed E-state index contributed by atoms with van der Waals surface area (Å²) in [6.45, 7) is 2.12. The van der Waals surface area contributed by atoms with Gasteiger partial charge in [0.15, 0.2) is 0 Å². The zero-order valence-electron chi connectivity index (χ0n) is 11.6. The van der Waals surface area contributed by atoms with Gasteiger partial charge in [-0.15, -0.1) is 22.9 Å². The zero-order chi connectivity index (χ0) is 14.8. The van der Waals surface area contributed by atoms with Crippen LogP contribution in [0.4, 0.5) is 4.39 Å². The average Bonchev–Trinajstić information content (AvgIpc) is 3.09. The predicted octanol–water partition coefficient (Wildman–Crippen LogP) is 4.41. The summed E-state index contributed by atoms with van der Waals surface area (Å²) in [5.41, 5.74) is 1.60. The van der Waals surface area contributed by atoms with Crippen molar-refractivity contribution in [2.75, 3.05) is 5.88 Å². The Morgan fingerprint density at radius 3 is 2.95 bits per heavy atom. The molecule has 1 unspecified atom stereocenters. The number of halogens is 2. The highest BCUT2D eigenvalue weighted by Crippen LogP contribution is 2.30. The Balaban J connectivity index is 2.20. The maximum absolute atomic E-state index is 13.4. The molecule has 0 spiro atoms. The molecule has 2 aromatic heterocycles. The van der Waals surface area contributed by atoms with Gasteiger partial charge in [0.1, 0.15) is 16.6 Å². The number of hydrogen-bond acceptors (Lipinski definition) is 3. The van der Waals surface area contributed by atoms with Crippen molar-refractivity contribution < 1.29 is 4.39 Å². The van der Waals surface area contributed by atoms with Crippen molar-refractivity contribution >= 4 is 34.0 Å². The van der Waals surface area contributed by atoms with E-state index in [4.69, 9.17) is 11.6 Å². The summed E-state index contributed by atoms with van der Waals surface area (Å²) in [6.07, 6.45) is 3.36. The van der Waals surface area contributed by atoms with Crippen LogP contribution in [-0.2, 0) is 6.42 Å². The average molecular weight is 324 g/mol. The maximum Gasteiger partial charge on any atom is 0.125 e. The highest BCUT2D eigenvalue weighted by Gasteiger charge is 2.21. The van der Waals surface area contributed by atoms with Crippen LogP contribution in [0.15, 0.2) is 29.8 Å². The fraction of sp³-hybridized carbons (Fsp3) is 0.333. The Hall–Kier alpha value is -1.46. The minimum Gasteiger partial charge on any atom is -0.318 e. The molecule has 0 aliphatic rings. The number of nitrogens with zero attached hydrogens (tertiary/aromatic N) is 3. The van der Waals surface area contributed by atoms with Gasteiger partial charge in [-0.1, -0.05) is 6.92 Å². The highest BCUT2D eigenvalue weighted by atomic mass is 35.5. The lowest BCUT2D eigenvalue weighted by atomic mass is 10.2. The molecule has 0 saturated heterocycles. The van der Waals surface area contributed by atoms with Gasteiger partial charge < -0.3 is 4.57 Å². The second-order valence-corrected chi connectivity index (χ2v) is 6.07. The van der Waals surface area contributed by atoms with Gasteiger partial charge in [0.25, 0.3) is 0 Å². The Kier molecular flexibility index (Phi) is 4.22. The molecule has 3 rings (SSSR count). The van der Waals surface area contributed by atoms with Crippen LogP contribution in [0.25, 0.3) is 11.0 Å². The minimum absolute atomic E-state index is 0.110. The van der Waals surface area contributed by atoms with Crippen LogP contribution in [0.5, 0.6) is 0 Å². The molecule has 6 heteroatoms. The molecule has 3 nitrogen and oxygen atoms in total. The van der Waals surface area contributed by atoms with Crippen LogP contribution < -0.4 is 0 Å². The Morgan fingerprint density at radius 2 is 2.29 bits per heavy atom. The van der Waals surface area contributed by atoms with Gasteiger partial charge in [-0.2, -0.15) is 0 Å². The molecule has 0 aliphatic carbocycles. The van der Waals surface area contributed by atoms with Gasteiger partial charge in [0.2, 0.25) is 0 Å². The molecule has 21 heavy (non-hydrogen) atoms. The molecule has 110 valence electrons. The first-order valence-electron chi connectivity index (χ1n) is 6.86. The Morgan fingerprint density at radius 1 is 1.43 bits per heavy atom. The van der Waals surface area contributed by atoms with E-state index in [-0.39, 0.29) is 11.9 Å². The number of rotatable bonds is 5. The van der Waals surface area contributed by atoms with Crippen molar-refractivity contribution in [2.24, 2.45) is 0 Å². The number of benzene rings is 1. The summed E-state index contributed by atoms with van der Waals surface area (Å²) >= 11 is 7.52. The molecule has 0 aliphatic heterocycles. The van der Waals surface area contributed by atoms with Crippen molar-refractivity contribution in [1.29, 1.82) is 0 Å². The quantitative estimate of drug-likeness (QED) is 0.651. The molecule has 0 amide bonds. The lowest BCUT2D eigenvalue weighted by Crippen LogP contribution is -2.13. The summed E-state index contributed by atoms with van der Waals surface area (Å²) in [6, 6.07) is 4.84. The van der Waals surface area contributed by atoms with E-state index < -0.39 is 0 Å². The number of aromatic nitrogens is 3. The van der Waals surface area contributed by atoms with Gasteiger partial charge in [-0.3, -0.25) is 0 Å². The van der Waals surface area contributed by atoms with E-state index in [0.29, 0.717) is 17.8 Å². The highest BCUT2D eigenvalue weighted by molar-refractivity contribution is 7.09. The number of aryl methyl sites for hydroxylation is 1. The first kappa shape index (κ1) is 14.5. The van der Waals surface area contributed by atoms with Crippen LogP contribution in [0.2, 0.25) is 0 Å². The molecular weight excluding hydrogens is 309 g/mol. The monoisotopic (exact) mass is 323 g/mol. The molecule has 0 radical (unpaired) electrons. The van der Waals surface area contributed by atoms with Gasteiger partial charge in [-0.25, -0.2) is 14.4 Å². The van der Waals surface area contributed by atoms with Gasteiger partial charge in [-0.05, 0) is 18.6 Å². The van der Waals surface area contributed by atoms with E-state index in [1.807, 2.05) is 11.6 Å². The first-order chi connectivity index (χ1) is 10.2. The topological polar surface area (TPSA) is 30.7 Å². The molecule has 2 heterocycles. The largest absolute Gasteiger partial charge is 0.318 e. The predicted molar refractivity (Wildman–Crippen MR) is 84.7 cm³/mol. The second kappa shape index (κ2) is 6.12. The SMILES string of the molecule is CCC(c1nccs1)n1c(CCCl)nc2cc(F)ccc21. The summed E-state index contributed by atoms with van der Waals surface area (Å²) in [7, 11) is 0. The van der Waals surface area contributed by atoms with E-state index in [1.165, 1.54) is 12.1 Å². The summed E-state index contributed by atoms with van der Waals surface area (Å²) in [5, 5.41) is 3.01. The number of imidazole rings is 1. The van der Waals surface area contributed by atoms with Gasteiger partial charge in [0.05, 0.1) is 17.1 Å². The van der Waals surface area contributed by atoms with Crippen LogP contribution in [-0.4, -0.2) is 20.4 Å². The molecule has 3 aromatic rings. The normalized spacial score (nSPS) is 12.9. The summed E-state index contributed by atoms with van der Waals surface area (Å²) < 4.78 is 15.6. The fourth-order valence-corrected chi connectivity index (χ4v) is 3.58. The third-order valence-electron chi connectivity index (χ3n) is 3.48. The molecule has 0 bridgehead atoms. The molecule has 0 N–H and O–H groups in total. The lowest BCUT2D eigenvalue weighted by Gasteiger charge is -2.18. The molecule has 1 aromatic carbocycles. The van der Waals surface area contributed by atoms with Crippen molar-refractivity contribution in [3.63, 3.8) is 0 Å². The van der Waals surface area contributed by atoms with Crippen molar-refractivity contribution in [1.82, 2.24) is 14.5 Å². The van der Waals surface area contributed by atoms with Gasteiger partial charge in [0, 0.05) is 29.9 Å². The smallest absolute Gasteiger partial charge is 0.125 e. The van der Waals surface area contributed by atoms with Crippen LogP contribution in [0.1, 0.15) is 30.2 Å². The molecule has 0 saturated carbocycles. The van der Waals surface area contributed by atoms with E-state index in [9.17, 15) is 4.39 Å². The van der Waals surface area contributed by atoms with E-state index in [0.717, 1.165) is 22.8 Å². The van der Waals surface area contributed by atoms with Crippen molar-refractivity contribution in [2.45, 2.75) is 25.8 Å². The molecule has 1 atom stereocenters.